The van der Waals surface area contributed by atoms with Crippen LogP contribution in [0.4, 0.5) is 0 Å². The van der Waals surface area contributed by atoms with Crippen LogP contribution < -0.4 is 5.73 Å². The van der Waals surface area contributed by atoms with E-state index < -0.39 is 0 Å². The Morgan fingerprint density at radius 3 is 2.55 bits per heavy atom. The molecule has 0 atom stereocenters. The lowest BCUT2D eigenvalue weighted by atomic mass is 10.1. The van der Waals surface area contributed by atoms with Gasteiger partial charge in [0.1, 0.15) is 0 Å². The molecule has 0 aliphatic heterocycles. The van der Waals surface area contributed by atoms with E-state index in [1.807, 2.05) is 11.0 Å². The molecule has 2 N–H and O–H groups in total. The fourth-order valence-electron chi connectivity index (χ4n) is 2.64. The van der Waals surface area contributed by atoms with Gasteiger partial charge in [0.2, 0.25) is 5.91 Å². The first-order valence-corrected chi connectivity index (χ1v) is 7.67. The molecule has 0 aliphatic rings. The first-order chi connectivity index (χ1) is 9.62. The SMILES string of the molecule is CCC(CC)N(CCN)C(=O)CCc1cccc(C)c1. The molecule has 0 bridgehead atoms. The van der Waals surface area contributed by atoms with E-state index in [-0.39, 0.29) is 5.91 Å². The van der Waals surface area contributed by atoms with E-state index in [0.29, 0.717) is 25.6 Å². The summed E-state index contributed by atoms with van der Waals surface area (Å²) in [6, 6.07) is 8.69. The van der Waals surface area contributed by atoms with Gasteiger partial charge in [0, 0.05) is 25.6 Å². The minimum atomic E-state index is 0.227. The van der Waals surface area contributed by atoms with Gasteiger partial charge < -0.3 is 10.6 Å². The third-order valence-corrected chi connectivity index (χ3v) is 3.78. The highest BCUT2D eigenvalue weighted by molar-refractivity contribution is 5.76. The zero-order valence-electron chi connectivity index (χ0n) is 13.1. The summed E-state index contributed by atoms with van der Waals surface area (Å²) >= 11 is 0. The van der Waals surface area contributed by atoms with Crippen molar-refractivity contribution in [3.63, 3.8) is 0 Å². The van der Waals surface area contributed by atoms with Crippen molar-refractivity contribution in [1.82, 2.24) is 4.90 Å². The van der Waals surface area contributed by atoms with E-state index in [4.69, 9.17) is 5.73 Å². The Labute approximate surface area is 123 Å². The highest BCUT2D eigenvalue weighted by atomic mass is 16.2. The summed E-state index contributed by atoms with van der Waals surface area (Å²) in [5, 5.41) is 0. The van der Waals surface area contributed by atoms with Crippen molar-refractivity contribution in [3.8, 4) is 0 Å². The lowest BCUT2D eigenvalue weighted by molar-refractivity contribution is -0.133. The molecule has 0 radical (unpaired) electrons. The molecule has 1 amide bonds. The molecular weight excluding hydrogens is 248 g/mol. The molecule has 3 heteroatoms. The third kappa shape index (κ3) is 4.97. The van der Waals surface area contributed by atoms with E-state index in [1.54, 1.807) is 0 Å². The molecule has 0 saturated carbocycles. The second-order valence-corrected chi connectivity index (χ2v) is 5.34. The number of nitrogens with two attached hydrogens (primary N) is 1. The standard InChI is InChI=1S/C17H28N2O/c1-4-16(5-2)19(12-11-18)17(20)10-9-15-8-6-7-14(3)13-15/h6-8,13,16H,4-5,9-12,18H2,1-3H3. The Kier molecular flexibility index (Phi) is 7.31. The zero-order chi connectivity index (χ0) is 15.0. The van der Waals surface area contributed by atoms with Gasteiger partial charge in [0.25, 0.3) is 0 Å². The summed E-state index contributed by atoms with van der Waals surface area (Å²) in [7, 11) is 0. The van der Waals surface area contributed by atoms with Crippen LogP contribution in [0.3, 0.4) is 0 Å². The lowest BCUT2D eigenvalue weighted by Crippen LogP contribution is -2.42. The van der Waals surface area contributed by atoms with Crippen LogP contribution in [0.5, 0.6) is 0 Å². The molecule has 0 unspecified atom stereocenters. The quantitative estimate of drug-likeness (QED) is 0.793. The molecule has 0 heterocycles. The summed E-state index contributed by atoms with van der Waals surface area (Å²) in [4.78, 5) is 14.4. The van der Waals surface area contributed by atoms with Gasteiger partial charge in [-0.1, -0.05) is 43.7 Å². The number of aryl methyl sites for hydroxylation is 2. The topological polar surface area (TPSA) is 46.3 Å². The van der Waals surface area contributed by atoms with Gasteiger partial charge in [0.05, 0.1) is 0 Å². The fourth-order valence-corrected chi connectivity index (χ4v) is 2.64. The molecule has 0 aromatic heterocycles. The minimum Gasteiger partial charge on any atom is -0.338 e. The number of benzene rings is 1. The summed E-state index contributed by atoms with van der Waals surface area (Å²) in [6.45, 7) is 7.54. The van der Waals surface area contributed by atoms with Crippen molar-refractivity contribution >= 4 is 5.91 Å². The lowest BCUT2D eigenvalue weighted by Gasteiger charge is -2.30. The first-order valence-electron chi connectivity index (χ1n) is 7.67. The van der Waals surface area contributed by atoms with Crippen LogP contribution in [0.1, 0.15) is 44.2 Å². The third-order valence-electron chi connectivity index (χ3n) is 3.78. The maximum absolute atomic E-state index is 12.4. The summed E-state index contributed by atoms with van der Waals surface area (Å²) < 4.78 is 0. The van der Waals surface area contributed by atoms with Gasteiger partial charge in [-0.2, -0.15) is 0 Å². The smallest absolute Gasteiger partial charge is 0.223 e. The van der Waals surface area contributed by atoms with E-state index >= 15 is 0 Å². The highest BCUT2D eigenvalue weighted by Gasteiger charge is 2.19. The molecule has 1 aromatic carbocycles. The zero-order valence-corrected chi connectivity index (χ0v) is 13.1. The Morgan fingerprint density at radius 2 is 2.00 bits per heavy atom. The Balaban J connectivity index is 2.62. The van der Waals surface area contributed by atoms with Gasteiger partial charge >= 0.3 is 0 Å². The number of rotatable bonds is 8. The number of nitrogens with zero attached hydrogens (tertiary/aromatic N) is 1. The fraction of sp³-hybridized carbons (Fsp3) is 0.588. The molecular formula is C17H28N2O. The Morgan fingerprint density at radius 1 is 1.30 bits per heavy atom. The van der Waals surface area contributed by atoms with Gasteiger partial charge in [-0.05, 0) is 31.7 Å². The number of hydrogen-bond donors (Lipinski definition) is 1. The van der Waals surface area contributed by atoms with Crippen LogP contribution in [-0.2, 0) is 11.2 Å². The van der Waals surface area contributed by atoms with Crippen molar-refractivity contribution in [3.05, 3.63) is 35.4 Å². The minimum absolute atomic E-state index is 0.227. The normalized spacial score (nSPS) is 10.8. The molecule has 20 heavy (non-hydrogen) atoms. The van der Waals surface area contributed by atoms with Crippen molar-refractivity contribution in [2.75, 3.05) is 13.1 Å². The molecule has 112 valence electrons. The summed E-state index contributed by atoms with van der Waals surface area (Å²) in [5.41, 5.74) is 8.12. The van der Waals surface area contributed by atoms with Crippen LogP contribution in [-0.4, -0.2) is 29.9 Å². The van der Waals surface area contributed by atoms with Crippen molar-refractivity contribution in [1.29, 1.82) is 0 Å². The van der Waals surface area contributed by atoms with Crippen LogP contribution >= 0.6 is 0 Å². The number of hydrogen-bond acceptors (Lipinski definition) is 2. The summed E-state index contributed by atoms with van der Waals surface area (Å²) in [5.74, 6) is 0.227. The molecule has 0 aliphatic carbocycles. The maximum Gasteiger partial charge on any atom is 0.223 e. The van der Waals surface area contributed by atoms with Gasteiger partial charge in [-0.3, -0.25) is 4.79 Å². The molecule has 0 saturated heterocycles. The van der Waals surface area contributed by atoms with E-state index in [2.05, 4.69) is 39.0 Å². The van der Waals surface area contributed by atoms with Crippen LogP contribution in [0.2, 0.25) is 0 Å². The average molecular weight is 276 g/mol. The predicted octanol–water partition coefficient (Wildman–Crippen LogP) is 2.90. The van der Waals surface area contributed by atoms with Gasteiger partial charge in [0.15, 0.2) is 0 Å². The second kappa shape index (κ2) is 8.75. The van der Waals surface area contributed by atoms with Crippen LogP contribution in [0.15, 0.2) is 24.3 Å². The number of carbonyl (C=O) groups excluding carboxylic acids is 1. The maximum atomic E-state index is 12.4. The predicted molar refractivity (Wildman–Crippen MR) is 84.6 cm³/mol. The highest BCUT2D eigenvalue weighted by Crippen LogP contribution is 2.12. The molecule has 1 rings (SSSR count). The average Bonchev–Trinajstić information content (AvgIpc) is 2.45. The van der Waals surface area contributed by atoms with Crippen molar-refractivity contribution in [2.24, 2.45) is 5.73 Å². The molecule has 1 aromatic rings. The largest absolute Gasteiger partial charge is 0.338 e. The first kappa shape index (κ1) is 16.7. The van der Waals surface area contributed by atoms with E-state index in [9.17, 15) is 4.79 Å². The Bertz CT molecular complexity index is 413. The van der Waals surface area contributed by atoms with E-state index in [0.717, 1.165) is 19.3 Å². The van der Waals surface area contributed by atoms with Gasteiger partial charge in [-0.25, -0.2) is 0 Å². The van der Waals surface area contributed by atoms with Crippen LogP contribution in [0.25, 0.3) is 0 Å². The Hall–Kier alpha value is -1.35. The molecule has 0 fully saturated rings. The summed E-state index contributed by atoms with van der Waals surface area (Å²) in [6.07, 6.45) is 3.36. The monoisotopic (exact) mass is 276 g/mol. The number of amides is 1. The van der Waals surface area contributed by atoms with Crippen LogP contribution in [0, 0.1) is 6.92 Å². The van der Waals surface area contributed by atoms with E-state index in [1.165, 1.54) is 11.1 Å². The second-order valence-electron chi connectivity index (χ2n) is 5.34. The van der Waals surface area contributed by atoms with Crippen molar-refractivity contribution in [2.45, 2.75) is 52.5 Å². The molecule has 0 spiro atoms. The number of carbonyl (C=O) groups is 1. The van der Waals surface area contributed by atoms with Gasteiger partial charge in [-0.15, -0.1) is 0 Å². The molecule has 3 nitrogen and oxygen atoms in total. The van der Waals surface area contributed by atoms with Crippen molar-refractivity contribution < 1.29 is 4.79 Å².